The lowest BCUT2D eigenvalue weighted by Gasteiger charge is -2.43. The van der Waals surface area contributed by atoms with Gasteiger partial charge in [0.2, 0.25) is 0 Å². The van der Waals surface area contributed by atoms with Crippen molar-refractivity contribution in [1.29, 1.82) is 0 Å². The third-order valence-electron chi connectivity index (χ3n) is 7.60. The first-order valence-electron chi connectivity index (χ1n) is 10.9. The lowest BCUT2D eigenvalue weighted by Crippen LogP contribution is -2.33. The Bertz CT molecular complexity index is 1090. The first kappa shape index (κ1) is 20.6. The number of benzene rings is 2. The predicted octanol–water partition coefficient (Wildman–Crippen LogP) is 5.60. The van der Waals surface area contributed by atoms with Crippen LogP contribution < -0.4 is 4.74 Å². The summed E-state index contributed by atoms with van der Waals surface area (Å²) in [5, 5.41) is 22.0. The Balaban J connectivity index is 1.85. The van der Waals surface area contributed by atoms with Crippen LogP contribution in [0.3, 0.4) is 0 Å². The number of phenolic OH excluding ortho intramolecular Hbond substituents is 2. The van der Waals surface area contributed by atoms with Crippen LogP contribution in [0.15, 0.2) is 6.07 Å². The van der Waals surface area contributed by atoms with Gasteiger partial charge in [-0.25, -0.2) is 0 Å². The summed E-state index contributed by atoms with van der Waals surface area (Å²) in [5.41, 5.74) is 5.93. The van der Waals surface area contributed by atoms with Gasteiger partial charge in [-0.1, -0.05) is 13.8 Å². The van der Waals surface area contributed by atoms with Gasteiger partial charge in [0.1, 0.15) is 29.1 Å². The van der Waals surface area contributed by atoms with E-state index in [0.29, 0.717) is 17.1 Å². The second-order valence-corrected chi connectivity index (χ2v) is 9.20. The second-order valence-electron chi connectivity index (χ2n) is 9.20. The van der Waals surface area contributed by atoms with E-state index in [2.05, 4.69) is 13.8 Å². The number of methoxy groups -OCH3 is 1. The molecule has 5 rings (SSSR count). The minimum atomic E-state index is -0.616. The Morgan fingerprint density at radius 3 is 2.06 bits per heavy atom. The molecule has 31 heavy (non-hydrogen) atoms. The van der Waals surface area contributed by atoms with Crippen LogP contribution >= 0.6 is 0 Å². The molecule has 3 aliphatic rings. The molecule has 0 amide bonds. The monoisotopic (exact) mass is 426 g/mol. The fraction of sp³-hybridized carbons (Fsp3) is 0.520. The van der Waals surface area contributed by atoms with Crippen molar-refractivity contribution < 1.29 is 29.2 Å². The number of hydrogen-bond acceptors (Lipinski definition) is 6. The maximum atomic E-state index is 11.4. The maximum absolute atomic E-state index is 11.4. The molecule has 0 saturated heterocycles. The minimum absolute atomic E-state index is 0.0517. The van der Waals surface area contributed by atoms with Crippen molar-refractivity contribution in [2.75, 3.05) is 7.11 Å². The van der Waals surface area contributed by atoms with Crippen molar-refractivity contribution in [1.82, 2.24) is 0 Å². The first-order valence-corrected chi connectivity index (χ1v) is 10.9. The highest BCUT2D eigenvalue weighted by atomic mass is 16.7. The molecule has 6 nitrogen and oxygen atoms in total. The largest absolute Gasteiger partial charge is 0.508 e. The molecule has 2 aromatic rings. The average Bonchev–Trinajstić information content (AvgIpc) is 2.73. The zero-order valence-corrected chi connectivity index (χ0v) is 19.1. The standard InChI is InChI=1S/C25H30O6/c1-9-13(5)29-23-19-16(8-15(26)11(3)17(9)19)31-24-20-18(12(4)22(27)21(23)24)10(2)14(6)30-25(20)28-7/h8-10,13-14,23,25-27H,1-7H3/t9-,10-,13-,14-,23-,25+/m1/s1. The second kappa shape index (κ2) is 6.86. The molecular weight excluding hydrogens is 396 g/mol. The Morgan fingerprint density at radius 2 is 1.42 bits per heavy atom. The van der Waals surface area contributed by atoms with Gasteiger partial charge >= 0.3 is 0 Å². The molecule has 0 bridgehead atoms. The summed E-state index contributed by atoms with van der Waals surface area (Å²) >= 11 is 0. The summed E-state index contributed by atoms with van der Waals surface area (Å²) in [6, 6.07) is 1.65. The van der Waals surface area contributed by atoms with Crippen LogP contribution in [0.4, 0.5) is 0 Å². The molecule has 3 aliphatic heterocycles. The summed E-state index contributed by atoms with van der Waals surface area (Å²) in [6.45, 7) is 12.1. The highest BCUT2D eigenvalue weighted by Crippen LogP contribution is 2.60. The minimum Gasteiger partial charge on any atom is -0.508 e. The summed E-state index contributed by atoms with van der Waals surface area (Å²) in [4.78, 5) is 0. The highest BCUT2D eigenvalue weighted by Gasteiger charge is 2.46. The Morgan fingerprint density at radius 1 is 0.806 bits per heavy atom. The third kappa shape index (κ3) is 2.62. The summed E-state index contributed by atoms with van der Waals surface area (Å²) in [7, 11) is 1.61. The van der Waals surface area contributed by atoms with Gasteiger partial charge in [0, 0.05) is 30.6 Å². The van der Waals surface area contributed by atoms with E-state index >= 15 is 0 Å². The average molecular weight is 427 g/mol. The van der Waals surface area contributed by atoms with Crippen molar-refractivity contribution in [3.63, 3.8) is 0 Å². The van der Waals surface area contributed by atoms with E-state index in [1.54, 1.807) is 13.2 Å². The summed E-state index contributed by atoms with van der Waals surface area (Å²) in [5.74, 6) is 1.59. The molecule has 2 N–H and O–H groups in total. The maximum Gasteiger partial charge on any atom is 0.187 e. The van der Waals surface area contributed by atoms with Gasteiger partial charge in [0.15, 0.2) is 6.29 Å². The fourth-order valence-corrected chi connectivity index (χ4v) is 5.55. The summed E-state index contributed by atoms with van der Waals surface area (Å²) < 4.78 is 24.7. The van der Waals surface area contributed by atoms with Crippen LogP contribution in [0.5, 0.6) is 23.0 Å². The molecule has 0 fully saturated rings. The van der Waals surface area contributed by atoms with E-state index in [9.17, 15) is 10.2 Å². The van der Waals surface area contributed by atoms with E-state index in [-0.39, 0.29) is 35.5 Å². The van der Waals surface area contributed by atoms with Gasteiger partial charge in [0.25, 0.3) is 0 Å². The fourth-order valence-electron chi connectivity index (χ4n) is 5.55. The van der Waals surface area contributed by atoms with Crippen molar-refractivity contribution in [3.8, 4) is 23.0 Å². The molecule has 0 radical (unpaired) electrons. The number of rotatable bonds is 1. The van der Waals surface area contributed by atoms with Crippen LogP contribution in [0, 0.1) is 13.8 Å². The van der Waals surface area contributed by atoms with Crippen LogP contribution in [-0.2, 0) is 14.2 Å². The smallest absolute Gasteiger partial charge is 0.187 e. The first-order chi connectivity index (χ1) is 14.7. The molecule has 3 heterocycles. The summed E-state index contributed by atoms with van der Waals surface area (Å²) in [6.07, 6.45) is -1.28. The van der Waals surface area contributed by atoms with Crippen molar-refractivity contribution in [2.24, 2.45) is 0 Å². The van der Waals surface area contributed by atoms with Gasteiger partial charge in [-0.2, -0.15) is 0 Å². The van der Waals surface area contributed by atoms with Gasteiger partial charge in [-0.3, -0.25) is 0 Å². The molecule has 6 atom stereocenters. The highest BCUT2D eigenvalue weighted by molar-refractivity contribution is 5.69. The zero-order chi connectivity index (χ0) is 22.4. The van der Waals surface area contributed by atoms with E-state index in [1.165, 1.54) is 0 Å². The molecule has 0 saturated carbocycles. The molecule has 0 aliphatic carbocycles. The van der Waals surface area contributed by atoms with Crippen molar-refractivity contribution in [3.05, 3.63) is 45.0 Å². The van der Waals surface area contributed by atoms with E-state index in [0.717, 1.165) is 33.4 Å². The third-order valence-corrected chi connectivity index (χ3v) is 7.60. The number of fused-ring (bicyclic) bond motifs is 4. The SMILES string of the molecule is CO[C@H]1O[C@H](C)[C@@H](C)c2c(C)c(O)c3c(c21)Oc1cc(O)c(C)c2c1[C@H]3O[C@H](C)[C@H]2C. The number of hydrogen-bond donors (Lipinski definition) is 2. The van der Waals surface area contributed by atoms with Crippen molar-refractivity contribution in [2.45, 2.75) is 78.0 Å². The molecular formula is C25H30O6. The van der Waals surface area contributed by atoms with Gasteiger partial charge < -0.3 is 29.2 Å². The number of aromatic hydroxyl groups is 2. The molecule has 0 unspecified atom stereocenters. The van der Waals surface area contributed by atoms with E-state index < -0.39 is 12.4 Å². The number of ether oxygens (including phenoxy) is 4. The van der Waals surface area contributed by atoms with Gasteiger partial charge in [-0.05, 0) is 49.9 Å². The van der Waals surface area contributed by atoms with Crippen LogP contribution in [0.2, 0.25) is 0 Å². The van der Waals surface area contributed by atoms with Crippen LogP contribution in [-0.4, -0.2) is 29.5 Å². The topological polar surface area (TPSA) is 77.4 Å². The zero-order valence-electron chi connectivity index (χ0n) is 19.1. The predicted molar refractivity (Wildman–Crippen MR) is 115 cm³/mol. The van der Waals surface area contributed by atoms with Crippen LogP contribution in [0.1, 0.15) is 90.9 Å². The molecule has 0 aromatic heterocycles. The van der Waals surface area contributed by atoms with Gasteiger partial charge in [0.05, 0.1) is 23.3 Å². The quantitative estimate of drug-likeness (QED) is 0.618. The number of phenols is 2. The Kier molecular flexibility index (Phi) is 4.56. The molecule has 2 aromatic carbocycles. The van der Waals surface area contributed by atoms with Crippen LogP contribution in [0.25, 0.3) is 0 Å². The van der Waals surface area contributed by atoms with Crippen molar-refractivity contribution >= 4 is 0 Å². The lowest BCUT2D eigenvalue weighted by atomic mass is 9.77. The Hall–Kier alpha value is -2.28. The van der Waals surface area contributed by atoms with E-state index in [1.807, 2.05) is 27.7 Å². The lowest BCUT2D eigenvalue weighted by molar-refractivity contribution is -0.170. The normalized spacial score (nSPS) is 30.8. The van der Waals surface area contributed by atoms with E-state index in [4.69, 9.17) is 18.9 Å². The Labute approximate surface area is 182 Å². The molecule has 0 spiro atoms. The molecule has 6 heteroatoms. The van der Waals surface area contributed by atoms with Gasteiger partial charge in [-0.15, -0.1) is 0 Å². The molecule has 166 valence electrons.